The fourth-order valence-corrected chi connectivity index (χ4v) is 11.6. The van der Waals surface area contributed by atoms with Crippen LogP contribution in [0.25, 0.3) is 110 Å². The summed E-state index contributed by atoms with van der Waals surface area (Å²) in [4.78, 5) is 0. The molecule has 0 atom stereocenters. The lowest BCUT2D eigenvalue weighted by Gasteiger charge is -2.34. The monoisotopic (exact) mass is 812 g/mol. The first kappa shape index (κ1) is 35.7. The standard InChI is InChI=1S/C61H41BN2/c1-37(2)45-32-33-47-51-36-50-46-18-10-9-17-42(46)31-34-48(50)57-61(51)63(55(47)35-45)53-21-12-22-54-58(53)62(57)52-20-11-19-49-56(43-27-23-40(24-28-43)38-13-5-3-6-14-38)59(64(54)60(49)52)44-29-25-41(26-30-44)39-15-7-4-8-16-39/h3-37H,1-2H3. The molecule has 4 heterocycles. The third-order valence-electron chi connectivity index (χ3n) is 14.5. The van der Waals surface area contributed by atoms with Crippen molar-refractivity contribution in [3.05, 3.63) is 212 Å². The van der Waals surface area contributed by atoms with Crippen molar-refractivity contribution in [3.63, 3.8) is 0 Å². The second-order valence-corrected chi connectivity index (χ2v) is 18.2. The first-order chi connectivity index (χ1) is 31.6. The van der Waals surface area contributed by atoms with Crippen LogP contribution < -0.4 is 16.4 Å². The number of hydrogen-bond donors (Lipinski definition) is 0. The number of para-hydroxylation sites is 1. The van der Waals surface area contributed by atoms with Crippen molar-refractivity contribution in [2.75, 3.05) is 0 Å². The van der Waals surface area contributed by atoms with Gasteiger partial charge < -0.3 is 9.13 Å². The molecule has 298 valence electrons. The van der Waals surface area contributed by atoms with Crippen LogP contribution in [0.1, 0.15) is 25.3 Å². The molecule has 2 nitrogen and oxygen atoms in total. The Morgan fingerprint density at radius 2 is 0.969 bits per heavy atom. The zero-order valence-corrected chi connectivity index (χ0v) is 35.7. The highest BCUT2D eigenvalue weighted by atomic mass is 15.0. The Morgan fingerprint density at radius 1 is 0.375 bits per heavy atom. The smallest absolute Gasteiger partial charge is 0.253 e. The molecule has 0 bridgehead atoms. The van der Waals surface area contributed by atoms with Gasteiger partial charge in [0.25, 0.3) is 6.71 Å². The number of fused-ring (bicyclic) bond motifs is 11. The van der Waals surface area contributed by atoms with Crippen molar-refractivity contribution in [3.8, 4) is 56.0 Å². The lowest BCUT2D eigenvalue weighted by molar-refractivity contribution is 0.868. The van der Waals surface area contributed by atoms with Gasteiger partial charge in [0.15, 0.2) is 0 Å². The lowest BCUT2D eigenvalue weighted by atomic mass is 9.33. The van der Waals surface area contributed by atoms with Gasteiger partial charge in [0, 0.05) is 44.1 Å². The highest BCUT2D eigenvalue weighted by Gasteiger charge is 2.42. The third kappa shape index (κ3) is 4.87. The minimum atomic E-state index is 0.0210. The van der Waals surface area contributed by atoms with Gasteiger partial charge in [0.05, 0.1) is 11.2 Å². The SMILES string of the molecule is CC(C)c1ccc2c3cc4c(ccc5ccccc54)c4c3n(c2c1)-c1cccc2c1B4c1cccc3c(-c4ccc(-c5ccccc5)cc4)c(-c4ccc(-c5ccccc5)cc4)n-2c13. The van der Waals surface area contributed by atoms with Gasteiger partial charge in [-0.15, -0.1) is 0 Å². The predicted octanol–water partition coefficient (Wildman–Crippen LogP) is 14.0. The van der Waals surface area contributed by atoms with E-state index in [4.69, 9.17) is 0 Å². The lowest BCUT2D eigenvalue weighted by Crippen LogP contribution is -2.59. The fourth-order valence-electron chi connectivity index (χ4n) is 11.6. The van der Waals surface area contributed by atoms with Crippen LogP contribution in [0.2, 0.25) is 0 Å². The maximum atomic E-state index is 2.63. The second-order valence-electron chi connectivity index (χ2n) is 18.2. The fraction of sp³-hybridized carbons (Fsp3) is 0.0492. The number of hydrogen-bond acceptors (Lipinski definition) is 0. The summed E-state index contributed by atoms with van der Waals surface area (Å²) in [5.74, 6) is 0.412. The van der Waals surface area contributed by atoms with Crippen molar-refractivity contribution < 1.29 is 0 Å². The topological polar surface area (TPSA) is 9.86 Å². The van der Waals surface area contributed by atoms with E-state index in [1.807, 2.05) is 0 Å². The van der Waals surface area contributed by atoms with Gasteiger partial charge >= 0.3 is 0 Å². The summed E-state index contributed by atoms with van der Waals surface area (Å²) in [5.41, 5.74) is 21.7. The van der Waals surface area contributed by atoms with Crippen molar-refractivity contribution in [1.82, 2.24) is 9.13 Å². The van der Waals surface area contributed by atoms with Crippen LogP contribution >= 0.6 is 0 Å². The Bertz CT molecular complexity index is 3890. The van der Waals surface area contributed by atoms with E-state index in [0.29, 0.717) is 5.92 Å². The summed E-state index contributed by atoms with van der Waals surface area (Å²) >= 11 is 0. The molecule has 3 heteroatoms. The van der Waals surface area contributed by atoms with E-state index in [1.54, 1.807) is 0 Å². The van der Waals surface area contributed by atoms with Crippen molar-refractivity contribution in [1.29, 1.82) is 0 Å². The first-order valence-corrected chi connectivity index (χ1v) is 22.7. The predicted molar refractivity (Wildman–Crippen MR) is 273 cm³/mol. The summed E-state index contributed by atoms with van der Waals surface area (Å²) in [6, 6.07) is 77.5. The van der Waals surface area contributed by atoms with Crippen LogP contribution in [0.4, 0.5) is 0 Å². The van der Waals surface area contributed by atoms with Crippen LogP contribution in [0.5, 0.6) is 0 Å². The molecule has 0 unspecified atom stereocenters. The van der Waals surface area contributed by atoms with Crippen molar-refractivity contribution in [2.45, 2.75) is 19.8 Å². The van der Waals surface area contributed by atoms with Crippen LogP contribution in [0.3, 0.4) is 0 Å². The Kier molecular flexibility index (Phi) is 7.43. The first-order valence-electron chi connectivity index (χ1n) is 22.7. The molecule has 0 saturated carbocycles. The van der Waals surface area contributed by atoms with E-state index in [2.05, 4.69) is 229 Å². The number of nitrogens with zero attached hydrogens (tertiary/aromatic N) is 2. The van der Waals surface area contributed by atoms with Crippen molar-refractivity contribution >= 4 is 77.4 Å². The average molecular weight is 813 g/mol. The molecular formula is C61H41BN2. The second kappa shape index (κ2) is 13.3. The summed E-state index contributed by atoms with van der Waals surface area (Å²) in [7, 11) is 0. The Labute approximate surface area is 372 Å². The molecule has 2 aromatic heterocycles. The Morgan fingerprint density at radius 3 is 1.69 bits per heavy atom. The Balaban J connectivity index is 1.12. The van der Waals surface area contributed by atoms with Crippen LogP contribution in [-0.4, -0.2) is 15.8 Å². The molecule has 0 radical (unpaired) electrons. The molecule has 0 fully saturated rings. The summed E-state index contributed by atoms with van der Waals surface area (Å²) in [6.07, 6.45) is 0. The number of benzene rings is 10. The largest absolute Gasteiger partial charge is 0.310 e. The maximum Gasteiger partial charge on any atom is 0.253 e. The molecule has 2 aliphatic rings. The van der Waals surface area contributed by atoms with Gasteiger partial charge in [0.1, 0.15) is 0 Å². The van der Waals surface area contributed by atoms with Gasteiger partial charge in [-0.1, -0.05) is 196 Å². The van der Waals surface area contributed by atoms with E-state index in [0.717, 1.165) is 0 Å². The molecule has 0 N–H and O–H groups in total. The molecule has 64 heavy (non-hydrogen) atoms. The van der Waals surface area contributed by atoms with E-state index in [-0.39, 0.29) is 6.71 Å². The minimum Gasteiger partial charge on any atom is -0.310 e. The van der Waals surface area contributed by atoms with E-state index >= 15 is 0 Å². The van der Waals surface area contributed by atoms with Crippen LogP contribution in [0, 0.1) is 0 Å². The number of rotatable bonds is 5. The number of aromatic nitrogens is 2. The van der Waals surface area contributed by atoms with Gasteiger partial charge in [-0.05, 0) is 107 Å². The minimum absolute atomic E-state index is 0.0210. The van der Waals surface area contributed by atoms with Crippen LogP contribution in [0.15, 0.2) is 206 Å². The molecule has 0 spiro atoms. The maximum absolute atomic E-state index is 2.63. The summed E-state index contributed by atoms with van der Waals surface area (Å²) in [5, 5.41) is 9.14. The van der Waals surface area contributed by atoms with E-state index < -0.39 is 0 Å². The molecule has 10 aromatic carbocycles. The van der Waals surface area contributed by atoms with E-state index in [9.17, 15) is 0 Å². The molecular weight excluding hydrogens is 771 g/mol. The molecule has 12 aromatic rings. The highest BCUT2D eigenvalue weighted by molar-refractivity contribution is 7.01. The normalized spacial score (nSPS) is 12.6. The van der Waals surface area contributed by atoms with Gasteiger partial charge in [0.2, 0.25) is 0 Å². The molecule has 14 rings (SSSR count). The summed E-state index contributed by atoms with van der Waals surface area (Å²) < 4.78 is 5.26. The quantitative estimate of drug-likeness (QED) is 0.121. The highest BCUT2D eigenvalue weighted by Crippen LogP contribution is 2.46. The average Bonchev–Trinajstić information content (AvgIpc) is 3.88. The third-order valence-corrected chi connectivity index (χ3v) is 14.5. The summed E-state index contributed by atoms with van der Waals surface area (Å²) in [6.45, 7) is 4.63. The van der Waals surface area contributed by atoms with Gasteiger partial charge in [-0.2, -0.15) is 0 Å². The molecule has 0 aliphatic carbocycles. The molecule has 0 saturated heterocycles. The van der Waals surface area contributed by atoms with Gasteiger partial charge in [-0.25, -0.2) is 0 Å². The molecule has 2 aliphatic heterocycles. The van der Waals surface area contributed by atoms with E-state index in [1.165, 1.54) is 132 Å². The zero-order valence-electron chi connectivity index (χ0n) is 35.7. The van der Waals surface area contributed by atoms with Crippen LogP contribution in [-0.2, 0) is 0 Å². The Hall–Kier alpha value is -7.88. The zero-order chi connectivity index (χ0) is 42.2. The van der Waals surface area contributed by atoms with Crippen molar-refractivity contribution in [2.24, 2.45) is 0 Å². The molecule has 0 amide bonds. The van der Waals surface area contributed by atoms with Gasteiger partial charge in [-0.3, -0.25) is 0 Å².